The molecule has 0 aliphatic heterocycles. The van der Waals surface area contributed by atoms with Crippen molar-refractivity contribution in [2.75, 3.05) is 0 Å². The van der Waals surface area contributed by atoms with Gasteiger partial charge in [0.15, 0.2) is 0 Å². The zero-order valence-electron chi connectivity index (χ0n) is 22.2. The zero-order chi connectivity index (χ0) is 27.5. The van der Waals surface area contributed by atoms with Crippen molar-refractivity contribution in [2.45, 2.75) is 0 Å². The van der Waals surface area contributed by atoms with Gasteiger partial charge in [-0.1, -0.05) is 91.0 Å². The molecule has 0 spiro atoms. The van der Waals surface area contributed by atoms with Crippen molar-refractivity contribution in [3.63, 3.8) is 0 Å². The minimum atomic E-state index is -2.84. The predicted molar refractivity (Wildman–Crippen MR) is 172 cm³/mol. The quantitative estimate of drug-likeness (QED) is 0.129. The van der Waals surface area contributed by atoms with Gasteiger partial charge in [-0.25, -0.2) is 0 Å². The SMILES string of the molecule is OO[Si](c1ccccc1)(c1ccccc1)c1ccccc1.c1cc[c]([Ge]([c]2ccccc2)[c]2ccccc2)cc1. The summed E-state index contributed by atoms with van der Waals surface area (Å²) in [6, 6.07) is 62.6. The number of rotatable bonds is 7. The Balaban J connectivity index is 0.000000162. The molecule has 0 aliphatic carbocycles. The Bertz CT molecular complexity index is 1360. The van der Waals surface area contributed by atoms with Crippen LogP contribution >= 0.6 is 0 Å². The van der Waals surface area contributed by atoms with E-state index in [-0.39, 0.29) is 0 Å². The van der Waals surface area contributed by atoms with Crippen molar-refractivity contribution >= 4 is 51.4 Å². The van der Waals surface area contributed by atoms with Gasteiger partial charge in [0, 0.05) is 0 Å². The average Bonchev–Trinajstić information content (AvgIpc) is 3.05. The van der Waals surface area contributed by atoms with Crippen LogP contribution in [0.3, 0.4) is 0 Å². The van der Waals surface area contributed by atoms with Gasteiger partial charge in [0.05, 0.1) is 0 Å². The fraction of sp³-hybridized carbons (Fsp3) is 0. The first kappa shape index (κ1) is 27.6. The topological polar surface area (TPSA) is 29.5 Å². The van der Waals surface area contributed by atoms with E-state index < -0.39 is 22.7 Å². The molecule has 0 saturated heterocycles. The van der Waals surface area contributed by atoms with E-state index in [1.807, 2.05) is 91.0 Å². The first-order chi connectivity index (χ1) is 19.8. The van der Waals surface area contributed by atoms with Crippen molar-refractivity contribution in [3.8, 4) is 0 Å². The van der Waals surface area contributed by atoms with Crippen molar-refractivity contribution in [1.82, 2.24) is 0 Å². The summed E-state index contributed by atoms with van der Waals surface area (Å²) in [7, 11) is -2.84. The molecule has 0 amide bonds. The maximum atomic E-state index is 9.90. The Morgan fingerprint density at radius 2 is 0.575 bits per heavy atom. The van der Waals surface area contributed by atoms with Crippen LogP contribution in [0.4, 0.5) is 0 Å². The third-order valence-electron chi connectivity index (χ3n) is 6.87. The number of hydrogen-bond acceptors (Lipinski definition) is 2. The molecule has 0 unspecified atom stereocenters. The summed E-state index contributed by atoms with van der Waals surface area (Å²) in [6.07, 6.45) is 0. The van der Waals surface area contributed by atoms with Crippen LogP contribution < -0.4 is 28.7 Å². The van der Waals surface area contributed by atoms with E-state index in [9.17, 15) is 5.26 Å². The fourth-order valence-corrected chi connectivity index (χ4v) is 13.7. The van der Waals surface area contributed by atoms with Crippen molar-refractivity contribution in [3.05, 3.63) is 182 Å². The average molecular weight is 596 g/mol. The van der Waals surface area contributed by atoms with Gasteiger partial charge in [0.25, 0.3) is 0 Å². The van der Waals surface area contributed by atoms with Gasteiger partial charge in [-0.2, -0.15) is 0 Å². The zero-order valence-corrected chi connectivity index (χ0v) is 25.3. The Morgan fingerprint density at radius 1 is 0.350 bits per heavy atom. The molecule has 6 aromatic carbocycles. The Labute approximate surface area is 242 Å². The second-order valence-electron chi connectivity index (χ2n) is 9.34. The van der Waals surface area contributed by atoms with E-state index in [2.05, 4.69) is 91.0 Å². The summed E-state index contributed by atoms with van der Waals surface area (Å²) in [5.74, 6) is 0. The van der Waals surface area contributed by atoms with Crippen LogP contribution in [0.25, 0.3) is 0 Å². The van der Waals surface area contributed by atoms with E-state index in [0.29, 0.717) is 0 Å². The summed E-state index contributed by atoms with van der Waals surface area (Å²) in [6.45, 7) is 0. The molecule has 195 valence electrons. The van der Waals surface area contributed by atoms with Crippen LogP contribution in [0, 0.1) is 0 Å². The Kier molecular flexibility index (Phi) is 9.56. The normalized spacial score (nSPS) is 10.9. The van der Waals surface area contributed by atoms with Crippen LogP contribution in [0.1, 0.15) is 0 Å². The molecule has 4 heteroatoms. The number of hydrogen-bond donors (Lipinski definition) is 1. The van der Waals surface area contributed by atoms with Crippen LogP contribution in [0.15, 0.2) is 182 Å². The third-order valence-corrected chi connectivity index (χ3v) is 16.3. The van der Waals surface area contributed by atoms with Gasteiger partial charge >= 0.3 is 127 Å². The van der Waals surface area contributed by atoms with E-state index in [1.54, 1.807) is 0 Å². The third kappa shape index (κ3) is 6.24. The summed E-state index contributed by atoms with van der Waals surface area (Å²) in [5, 5.41) is 13.0. The summed E-state index contributed by atoms with van der Waals surface area (Å²) in [5.41, 5.74) is 0. The molecule has 2 nitrogen and oxygen atoms in total. The predicted octanol–water partition coefficient (Wildman–Crippen LogP) is 4.35. The second-order valence-corrected chi connectivity index (χ2v) is 17.8. The van der Waals surface area contributed by atoms with Gasteiger partial charge in [0.1, 0.15) is 0 Å². The summed E-state index contributed by atoms with van der Waals surface area (Å²) >= 11 is -1.63. The first-order valence-corrected chi connectivity index (χ1v) is 18.4. The van der Waals surface area contributed by atoms with E-state index in [1.165, 1.54) is 13.2 Å². The van der Waals surface area contributed by atoms with Crippen LogP contribution in [-0.2, 0) is 4.58 Å². The van der Waals surface area contributed by atoms with Crippen molar-refractivity contribution in [2.24, 2.45) is 0 Å². The minimum absolute atomic E-state index is 1.02. The van der Waals surface area contributed by atoms with Gasteiger partial charge in [0.2, 0.25) is 0 Å². The van der Waals surface area contributed by atoms with Crippen molar-refractivity contribution in [1.29, 1.82) is 0 Å². The molecular formula is C36H31GeO2Si. The van der Waals surface area contributed by atoms with Crippen LogP contribution in [0.2, 0.25) is 0 Å². The molecule has 0 aliphatic rings. The second kappa shape index (κ2) is 13.9. The summed E-state index contributed by atoms with van der Waals surface area (Å²) in [4.78, 5) is 0. The molecule has 0 atom stereocenters. The van der Waals surface area contributed by atoms with Crippen LogP contribution in [-0.4, -0.2) is 27.9 Å². The Morgan fingerprint density at radius 3 is 0.800 bits per heavy atom. The van der Waals surface area contributed by atoms with Gasteiger partial charge in [-0.3, -0.25) is 9.83 Å². The van der Waals surface area contributed by atoms with E-state index in [4.69, 9.17) is 4.58 Å². The molecule has 0 heterocycles. The monoisotopic (exact) mass is 597 g/mol. The van der Waals surface area contributed by atoms with Crippen LogP contribution in [0.5, 0.6) is 0 Å². The molecule has 1 N–H and O–H groups in total. The van der Waals surface area contributed by atoms with Gasteiger partial charge in [-0.15, -0.1) is 0 Å². The Hall–Kier alpha value is -4.00. The molecule has 6 rings (SSSR count). The summed E-state index contributed by atoms with van der Waals surface area (Å²) < 4.78 is 9.73. The van der Waals surface area contributed by atoms with E-state index >= 15 is 0 Å². The van der Waals surface area contributed by atoms with Crippen molar-refractivity contribution < 1.29 is 9.83 Å². The van der Waals surface area contributed by atoms with Gasteiger partial charge < -0.3 is 0 Å². The molecule has 1 radical (unpaired) electrons. The van der Waals surface area contributed by atoms with Gasteiger partial charge in [-0.05, 0) is 15.6 Å². The maximum absolute atomic E-state index is 9.90. The van der Waals surface area contributed by atoms with E-state index in [0.717, 1.165) is 15.6 Å². The molecule has 0 saturated carbocycles. The molecule has 0 bridgehead atoms. The molecule has 6 aromatic rings. The first-order valence-electron chi connectivity index (χ1n) is 13.4. The number of benzene rings is 6. The fourth-order valence-electron chi connectivity index (χ4n) is 4.99. The molecular weight excluding hydrogens is 565 g/mol. The molecule has 0 fully saturated rings. The standard InChI is InChI=1S/C18H15Ge.C18H16O2Si/c1-4-10-16(11-5-1)19(17-12-6-2-7-13-17)18-14-8-3-9-15-18;19-20-21(16-10-4-1-5-11-16,17-12-6-2-7-13-17)18-14-8-3-9-15-18/h1-15H;1-15,19H. The molecule has 0 aromatic heterocycles. The molecule has 40 heavy (non-hydrogen) atoms.